The van der Waals surface area contributed by atoms with Crippen molar-refractivity contribution in [1.82, 2.24) is 10.2 Å². The molecule has 2 rings (SSSR count). The Morgan fingerprint density at radius 3 is 2.86 bits per heavy atom. The summed E-state index contributed by atoms with van der Waals surface area (Å²) in [4.78, 5) is 14.7. The van der Waals surface area contributed by atoms with Crippen molar-refractivity contribution in [1.29, 1.82) is 0 Å². The second-order valence-corrected chi connectivity index (χ2v) is 6.52. The van der Waals surface area contributed by atoms with Gasteiger partial charge in [-0.05, 0) is 32.7 Å². The fourth-order valence-corrected chi connectivity index (χ4v) is 3.31. The van der Waals surface area contributed by atoms with Crippen molar-refractivity contribution in [3.63, 3.8) is 0 Å². The number of nitrogens with zero attached hydrogens (tertiary/aromatic N) is 1. The van der Waals surface area contributed by atoms with Crippen LogP contribution < -0.4 is 5.32 Å². The van der Waals surface area contributed by atoms with E-state index in [9.17, 15) is 4.79 Å². The predicted octanol–water partition coefficient (Wildman–Crippen LogP) is 1.62. The SMILES string of the molecule is CCCC(C)NC(=O)C1CCCN(CC2COCOC2)C1. The van der Waals surface area contributed by atoms with Gasteiger partial charge in [-0.25, -0.2) is 0 Å². The molecule has 0 aromatic carbocycles. The highest BCUT2D eigenvalue weighted by Gasteiger charge is 2.28. The maximum atomic E-state index is 12.3. The third-order valence-electron chi connectivity index (χ3n) is 4.38. The molecule has 2 unspecified atom stereocenters. The van der Waals surface area contributed by atoms with Crippen LogP contribution in [0.2, 0.25) is 0 Å². The molecular formula is C16H30N2O3. The molecule has 0 saturated carbocycles. The Morgan fingerprint density at radius 1 is 1.38 bits per heavy atom. The van der Waals surface area contributed by atoms with Crippen LogP contribution in [0.5, 0.6) is 0 Å². The van der Waals surface area contributed by atoms with Gasteiger partial charge in [0.15, 0.2) is 0 Å². The Kier molecular flexibility index (Phi) is 6.93. The quantitative estimate of drug-likeness (QED) is 0.809. The number of rotatable bonds is 6. The smallest absolute Gasteiger partial charge is 0.224 e. The van der Waals surface area contributed by atoms with E-state index in [1.54, 1.807) is 0 Å². The van der Waals surface area contributed by atoms with Crippen molar-refractivity contribution in [2.45, 2.75) is 45.6 Å². The molecule has 2 aliphatic heterocycles. The highest BCUT2D eigenvalue weighted by molar-refractivity contribution is 5.79. The van der Waals surface area contributed by atoms with E-state index in [4.69, 9.17) is 9.47 Å². The highest BCUT2D eigenvalue weighted by Crippen LogP contribution is 2.19. The lowest BCUT2D eigenvalue weighted by Crippen LogP contribution is -2.47. The minimum atomic E-state index is 0.142. The van der Waals surface area contributed by atoms with Gasteiger partial charge < -0.3 is 19.7 Å². The first-order valence-corrected chi connectivity index (χ1v) is 8.37. The van der Waals surface area contributed by atoms with Gasteiger partial charge in [-0.2, -0.15) is 0 Å². The number of nitrogens with one attached hydrogen (secondary N) is 1. The number of hydrogen-bond acceptors (Lipinski definition) is 4. The third kappa shape index (κ3) is 5.57. The standard InChI is InChI=1S/C16H30N2O3/c1-3-5-13(2)17-16(19)15-6-4-7-18(9-15)8-14-10-20-12-21-11-14/h13-15H,3-12H2,1-2H3,(H,17,19). The number of carbonyl (C=O) groups excluding carboxylic acids is 1. The second kappa shape index (κ2) is 8.71. The molecule has 122 valence electrons. The van der Waals surface area contributed by atoms with Crippen molar-refractivity contribution < 1.29 is 14.3 Å². The number of ether oxygens (including phenoxy) is 2. The summed E-state index contributed by atoms with van der Waals surface area (Å²) < 4.78 is 10.7. The van der Waals surface area contributed by atoms with E-state index in [0.717, 1.165) is 58.5 Å². The molecule has 0 aliphatic carbocycles. The monoisotopic (exact) mass is 298 g/mol. The molecule has 1 N–H and O–H groups in total. The van der Waals surface area contributed by atoms with Gasteiger partial charge in [0, 0.05) is 25.0 Å². The van der Waals surface area contributed by atoms with Crippen molar-refractivity contribution in [2.24, 2.45) is 11.8 Å². The van der Waals surface area contributed by atoms with Crippen LogP contribution in [0.4, 0.5) is 0 Å². The molecule has 2 saturated heterocycles. The average Bonchev–Trinajstić information content (AvgIpc) is 2.49. The van der Waals surface area contributed by atoms with E-state index in [2.05, 4.69) is 24.1 Å². The van der Waals surface area contributed by atoms with Crippen LogP contribution in [-0.2, 0) is 14.3 Å². The summed E-state index contributed by atoms with van der Waals surface area (Å²) in [6.45, 7) is 9.18. The lowest BCUT2D eigenvalue weighted by molar-refractivity contribution is -0.134. The van der Waals surface area contributed by atoms with E-state index >= 15 is 0 Å². The summed E-state index contributed by atoms with van der Waals surface area (Å²) in [6, 6.07) is 0.290. The zero-order chi connectivity index (χ0) is 15.1. The summed E-state index contributed by atoms with van der Waals surface area (Å²) >= 11 is 0. The normalized spacial score (nSPS) is 26.5. The number of hydrogen-bond donors (Lipinski definition) is 1. The van der Waals surface area contributed by atoms with E-state index in [1.807, 2.05) is 0 Å². The first kappa shape index (κ1) is 16.7. The molecule has 2 fully saturated rings. The molecule has 0 bridgehead atoms. The van der Waals surface area contributed by atoms with Crippen LogP contribution in [0.25, 0.3) is 0 Å². The molecule has 5 nitrogen and oxygen atoms in total. The van der Waals surface area contributed by atoms with Crippen molar-refractivity contribution in [3.8, 4) is 0 Å². The second-order valence-electron chi connectivity index (χ2n) is 6.52. The van der Waals surface area contributed by atoms with E-state index in [-0.39, 0.29) is 17.9 Å². The molecule has 2 aliphatic rings. The molecule has 0 spiro atoms. The van der Waals surface area contributed by atoms with Crippen molar-refractivity contribution in [3.05, 3.63) is 0 Å². The molecule has 5 heteroatoms. The number of likely N-dealkylation sites (tertiary alicyclic amines) is 1. The van der Waals surface area contributed by atoms with Gasteiger partial charge in [0.2, 0.25) is 5.91 Å². The molecule has 2 atom stereocenters. The van der Waals surface area contributed by atoms with E-state index in [0.29, 0.717) is 12.7 Å². The lowest BCUT2D eigenvalue weighted by atomic mass is 9.95. The van der Waals surface area contributed by atoms with Crippen molar-refractivity contribution in [2.75, 3.05) is 39.6 Å². The predicted molar refractivity (Wildman–Crippen MR) is 81.9 cm³/mol. The molecule has 2 heterocycles. The summed E-state index contributed by atoms with van der Waals surface area (Å²) in [5, 5.41) is 3.16. The summed E-state index contributed by atoms with van der Waals surface area (Å²) in [5.74, 6) is 0.819. The molecule has 1 amide bonds. The van der Waals surface area contributed by atoms with E-state index < -0.39 is 0 Å². The van der Waals surface area contributed by atoms with Crippen LogP contribution >= 0.6 is 0 Å². The van der Waals surface area contributed by atoms with Gasteiger partial charge >= 0.3 is 0 Å². The van der Waals surface area contributed by atoms with Crippen LogP contribution in [0.1, 0.15) is 39.5 Å². The Morgan fingerprint density at radius 2 is 2.14 bits per heavy atom. The van der Waals surface area contributed by atoms with Gasteiger partial charge in [-0.15, -0.1) is 0 Å². The highest BCUT2D eigenvalue weighted by atomic mass is 16.7. The largest absolute Gasteiger partial charge is 0.355 e. The number of carbonyl (C=O) groups is 1. The van der Waals surface area contributed by atoms with Gasteiger partial charge in [0.1, 0.15) is 6.79 Å². The van der Waals surface area contributed by atoms with Gasteiger partial charge in [0.25, 0.3) is 0 Å². The Balaban J connectivity index is 1.75. The maximum Gasteiger partial charge on any atom is 0.224 e. The summed E-state index contributed by atoms with van der Waals surface area (Å²) in [5.41, 5.74) is 0. The average molecular weight is 298 g/mol. The van der Waals surface area contributed by atoms with Crippen molar-refractivity contribution >= 4 is 5.91 Å². The molecule has 21 heavy (non-hydrogen) atoms. The topological polar surface area (TPSA) is 50.8 Å². The van der Waals surface area contributed by atoms with Crippen LogP contribution in [0, 0.1) is 11.8 Å². The molecule has 0 aromatic heterocycles. The Bertz CT molecular complexity index is 319. The first-order chi connectivity index (χ1) is 10.2. The van der Waals surface area contributed by atoms with Gasteiger partial charge in [-0.3, -0.25) is 4.79 Å². The minimum Gasteiger partial charge on any atom is -0.355 e. The first-order valence-electron chi connectivity index (χ1n) is 8.37. The maximum absolute atomic E-state index is 12.3. The molecular weight excluding hydrogens is 268 g/mol. The van der Waals surface area contributed by atoms with Crippen LogP contribution in [-0.4, -0.2) is 56.5 Å². The van der Waals surface area contributed by atoms with E-state index in [1.165, 1.54) is 0 Å². The zero-order valence-corrected chi connectivity index (χ0v) is 13.5. The third-order valence-corrected chi connectivity index (χ3v) is 4.38. The minimum absolute atomic E-state index is 0.142. The summed E-state index contributed by atoms with van der Waals surface area (Å²) in [6.07, 6.45) is 4.28. The number of piperidine rings is 1. The van der Waals surface area contributed by atoms with Gasteiger partial charge in [-0.1, -0.05) is 13.3 Å². The van der Waals surface area contributed by atoms with Gasteiger partial charge in [0.05, 0.1) is 19.1 Å². The molecule has 0 aromatic rings. The van der Waals surface area contributed by atoms with Crippen LogP contribution in [0.15, 0.2) is 0 Å². The zero-order valence-electron chi connectivity index (χ0n) is 13.5. The fourth-order valence-electron chi connectivity index (χ4n) is 3.31. The number of amides is 1. The molecule has 0 radical (unpaired) electrons. The Labute approximate surface area is 128 Å². The Hall–Kier alpha value is -0.650. The summed E-state index contributed by atoms with van der Waals surface area (Å²) in [7, 11) is 0. The lowest BCUT2D eigenvalue weighted by Gasteiger charge is -2.35. The fraction of sp³-hybridized carbons (Fsp3) is 0.938. The van der Waals surface area contributed by atoms with Crippen LogP contribution in [0.3, 0.4) is 0 Å².